The lowest BCUT2D eigenvalue weighted by Crippen LogP contribution is -2.35. The van der Waals surface area contributed by atoms with Gasteiger partial charge in [0.15, 0.2) is 0 Å². The van der Waals surface area contributed by atoms with E-state index in [1.165, 1.54) is 12.1 Å². The van der Waals surface area contributed by atoms with E-state index in [9.17, 15) is 18.3 Å². The van der Waals surface area contributed by atoms with Crippen LogP contribution in [0.15, 0.2) is 47.6 Å². The van der Waals surface area contributed by atoms with E-state index in [-0.39, 0.29) is 4.90 Å². The van der Waals surface area contributed by atoms with E-state index in [1.807, 2.05) is 0 Å². The Balaban J connectivity index is 1.48. The Kier molecular flexibility index (Phi) is 6.31. The molecule has 7 nitrogen and oxygen atoms in total. The van der Waals surface area contributed by atoms with Gasteiger partial charge in [-0.05, 0) is 122 Å². The fourth-order valence-electron chi connectivity index (χ4n) is 5.18. The highest BCUT2D eigenvalue weighted by Gasteiger charge is 2.30. The van der Waals surface area contributed by atoms with Gasteiger partial charge in [0, 0.05) is 23.1 Å². The molecular weight excluding hydrogens is 498 g/mol. The first kappa shape index (κ1) is 24.7. The molecule has 1 aromatic heterocycles. The Morgan fingerprint density at radius 3 is 2.11 bits per heavy atom. The van der Waals surface area contributed by atoms with Crippen LogP contribution in [-0.4, -0.2) is 24.5 Å². The maximum absolute atomic E-state index is 13.3. The number of aromatic nitrogens is 1. The molecule has 1 heterocycles. The Morgan fingerprint density at radius 1 is 0.944 bits per heavy atom. The van der Waals surface area contributed by atoms with Gasteiger partial charge >= 0.3 is 6.03 Å². The quantitative estimate of drug-likeness (QED) is 0.428. The summed E-state index contributed by atoms with van der Waals surface area (Å²) in [5.74, 6) is 0. The maximum Gasteiger partial charge on any atom is 0.333 e. The number of carbonyl (C=O) groups excluding carboxylic acids is 1. The molecule has 0 spiro atoms. The second-order valence-electron chi connectivity index (χ2n) is 9.91. The second-order valence-corrected chi connectivity index (χ2v) is 12.0. The van der Waals surface area contributed by atoms with Gasteiger partial charge in [0.2, 0.25) is 0 Å². The molecule has 3 N–H and O–H groups in total. The number of carbonyl (C=O) groups is 1. The number of urea groups is 1. The van der Waals surface area contributed by atoms with Crippen molar-refractivity contribution in [3.63, 3.8) is 0 Å². The average molecular weight is 526 g/mol. The van der Waals surface area contributed by atoms with Gasteiger partial charge in [-0.15, -0.1) is 0 Å². The van der Waals surface area contributed by atoms with Crippen molar-refractivity contribution in [3.8, 4) is 11.1 Å². The van der Waals surface area contributed by atoms with Crippen LogP contribution in [0.4, 0.5) is 10.5 Å². The molecular formula is C27H28ClN3O4S. The summed E-state index contributed by atoms with van der Waals surface area (Å²) in [5, 5.41) is 14.3. The standard InChI is InChI=1S/C27H28ClN3O4S/c1-27(2,33)18-13-17(16-9-11-29-12-10-16)14-19(15-18)36(34,35)31-26(32)30-25-22-7-3-5-20(22)24(28)21-6-4-8-23(21)25/h9-15,33H,3-8H2,1-2H3,(H2,30,31,32). The Bertz CT molecular complexity index is 1430. The number of nitrogens with one attached hydrogen (secondary N) is 2. The Morgan fingerprint density at radius 2 is 1.53 bits per heavy atom. The topological polar surface area (TPSA) is 108 Å². The highest BCUT2D eigenvalue weighted by Crippen LogP contribution is 2.44. The van der Waals surface area contributed by atoms with Gasteiger partial charge < -0.3 is 10.4 Å². The summed E-state index contributed by atoms with van der Waals surface area (Å²) in [7, 11) is -4.24. The third-order valence-corrected chi connectivity index (χ3v) is 8.74. The normalized spacial score (nSPS) is 14.9. The van der Waals surface area contributed by atoms with E-state index in [2.05, 4.69) is 15.0 Å². The van der Waals surface area contributed by atoms with Crippen LogP contribution < -0.4 is 10.0 Å². The fraction of sp³-hybridized carbons (Fsp3) is 0.333. The van der Waals surface area contributed by atoms with Crippen LogP contribution >= 0.6 is 11.6 Å². The zero-order valence-electron chi connectivity index (χ0n) is 20.2. The van der Waals surface area contributed by atoms with Crippen LogP contribution in [0.5, 0.6) is 0 Å². The number of amides is 2. The number of fused-ring (bicyclic) bond motifs is 2. The molecule has 36 heavy (non-hydrogen) atoms. The number of benzene rings is 2. The smallest absolute Gasteiger partial charge is 0.333 e. The van der Waals surface area contributed by atoms with Gasteiger partial charge in [0.05, 0.1) is 10.5 Å². The predicted octanol–water partition coefficient (Wildman–Crippen LogP) is 5.12. The van der Waals surface area contributed by atoms with E-state index in [1.54, 1.807) is 44.4 Å². The number of hydrogen-bond donors (Lipinski definition) is 3. The number of hydrogen-bond acceptors (Lipinski definition) is 5. The fourth-order valence-corrected chi connectivity index (χ4v) is 6.57. The lowest BCUT2D eigenvalue weighted by molar-refractivity contribution is 0.0784. The largest absolute Gasteiger partial charge is 0.386 e. The minimum atomic E-state index is -4.24. The molecule has 0 saturated heterocycles. The summed E-state index contributed by atoms with van der Waals surface area (Å²) in [6.45, 7) is 3.16. The molecule has 0 aliphatic heterocycles. The third-order valence-electron chi connectivity index (χ3n) is 6.97. The third kappa shape index (κ3) is 4.61. The molecule has 188 valence electrons. The molecule has 0 bridgehead atoms. The number of rotatable bonds is 5. The van der Waals surface area contributed by atoms with Crippen LogP contribution in [0.1, 0.15) is 54.5 Å². The summed E-state index contributed by atoms with van der Waals surface area (Å²) in [6.07, 6.45) is 8.43. The lowest BCUT2D eigenvalue weighted by atomic mass is 9.94. The first-order valence-corrected chi connectivity index (χ1v) is 13.9. The number of pyridine rings is 1. The molecule has 9 heteroatoms. The molecule has 2 aliphatic carbocycles. The van der Waals surface area contributed by atoms with E-state index in [0.29, 0.717) is 16.8 Å². The molecule has 2 aromatic carbocycles. The van der Waals surface area contributed by atoms with Gasteiger partial charge in [-0.1, -0.05) is 11.6 Å². The monoisotopic (exact) mass is 525 g/mol. The zero-order valence-corrected chi connectivity index (χ0v) is 21.8. The highest BCUT2D eigenvalue weighted by molar-refractivity contribution is 7.90. The number of anilines is 1. The van der Waals surface area contributed by atoms with Crippen LogP contribution in [0.2, 0.25) is 5.02 Å². The predicted molar refractivity (Wildman–Crippen MR) is 140 cm³/mol. The lowest BCUT2D eigenvalue weighted by Gasteiger charge is -2.21. The second kappa shape index (κ2) is 9.18. The summed E-state index contributed by atoms with van der Waals surface area (Å²) >= 11 is 6.66. The van der Waals surface area contributed by atoms with Gasteiger partial charge in [-0.3, -0.25) is 4.98 Å². The number of aliphatic hydroxyl groups is 1. The van der Waals surface area contributed by atoms with Gasteiger partial charge in [0.25, 0.3) is 10.0 Å². The van der Waals surface area contributed by atoms with Crippen molar-refractivity contribution < 1.29 is 18.3 Å². The molecule has 2 aliphatic rings. The van der Waals surface area contributed by atoms with E-state index < -0.39 is 21.7 Å². The van der Waals surface area contributed by atoms with E-state index >= 15 is 0 Å². The van der Waals surface area contributed by atoms with Crippen LogP contribution in [-0.2, 0) is 41.3 Å². The molecule has 0 saturated carbocycles. The van der Waals surface area contributed by atoms with Crippen LogP contribution in [0.3, 0.4) is 0 Å². The zero-order chi connectivity index (χ0) is 25.7. The summed E-state index contributed by atoms with van der Waals surface area (Å²) in [6, 6.07) is 7.29. The molecule has 0 fully saturated rings. The molecule has 5 rings (SSSR count). The van der Waals surface area contributed by atoms with Crippen molar-refractivity contribution >= 4 is 33.3 Å². The Labute approximate surface area is 216 Å². The van der Waals surface area contributed by atoms with E-state index in [4.69, 9.17) is 11.6 Å². The minimum Gasteiger partial charge on any atom is -0.386 e. The molecule has 0 unspecified atom stereocenters. The van der Waals surface area contributed by atoms with Crippen molar-refractivity contribution in [1.82, 2.24) is 9.71 Å². The Hall–Kier alpha value is -2.94. The number of nitrogens with zero attached hydrogens (tertiary/aromatic N) is 1. The highest BCUT2D eigenvalue weighted by atomic mass is 35.5. The van der Waals surface area contributed by atoms with Crippen molar-refractivity contribution in [2.75, 3.05) is 5.32 Å². The van der Waals surface area contributed by atoms with Crippen molar-refractivity contribution in [1.29, 1.82) is 0 Å². The average Bonchev–Trinajstić information content (AvgIpc) is 3.52. The SMILES string of the molecule is CC(C)(O)c1cc(-c2ccncc2)cc(S(=O)(=O)NC(=O)Nc2c3c(c(Cl)c4c2CCC4)CCC3)c1. The molecule has 0 atom stereocenters. The van der Waals surface area contributed by atoms with Crippen LogP contribution in [0, 0.1) is 0 Å². The maximum atomic E-state index is 13.3. The van der Waals surface area contributed by atoms with E-state index in [0.717, 1.165) is 71.4 Å². The van der Waals surface area contributed by atoms with Gasteiger partial charge in [0.1, 0.15) is 0 Å². The van der Waals surface area contributed by atoms with Crippen molar-refractivity contribution in [2.24, 2.45) is 0 Å². The molecule has 0 radical (unpaired) electrons. The van der Waals surface area contributed by atoms with Crippen molar-refractivity contribution in [3.05, 3.63) is 75.6 Å². The summed E-state index contributed by atoms with van der Waals surface area (Å²) in [5.41, 5.74) is 5.30. The first-order valence-electron chi connectivity index (χ1n) is 12.0. The first-order chi connectivity index (χ1) is 17.0. The van der Waals surface area contributed by atoms with Gasteiger partial charge in [-0.25, -0.2) is 17.9 Å². The minimum absolute atomic E-state index is 0.115. The van der Waals surface area contributed by atoms with Crippen molar-refractivity contribution in [2.45, 2.75) is 62.9 Å². The summed E-state index contributed by atoms with van der Waals surface area (Å²) < 4.78 is 28.8. The molecule has 2 amide bonds. The summed E-state index contributed by atoms with van der Waals surface area (Å²) in [4.78, 5) is 16.9. The number of sulfonamides is 1. The van der Waals surface area contributed by atoms with Gasteiger partial charge in [-0.2, -0.15) is 0 Å². The number of halogens is 1. The molecule has 3 aromatic rings. The van der Waals surface area contributed by atoms with Crippen LogP contribution in [0.25, 0.3) is 11.1 Å².